The maximum atomic E-state index is 13.6. The molecule has 8 nitrogen and oxygen atoms in total. The lowest BCUT2D eigenvalue weighted by Gasteiger charge is -2.31. The van der Waals surface area contributed by atoms with Gasteiger partial charge in [0.1, 0.15) is 0 Å². The van der Waals surface area contributed by atoms with Crippen LogP contribution in [0.5, 0.6) is 0 Å². The number of anilines is 1. The van der Waals surface area contributed by atoms with E-state index in [1.807, 2.05) is 30.3 Å². The molecule has 11 heteroatoms. The molecule has 0 aromatic heterocycles. The molecule has 2 aliphatic heterocycles. The van der Waals surface area contributed by atoms with Crippen LogP contribution in [-0.2, 0) is 11.3 Å². The Morgan fingerprint density at radius 3 is 2.49 bits per heavy atom. The Morgan fingerprint density at radius 1 is 1.10 bits per heavy atom. The Morgan fingerprint density at radius 2 is 1.83 bits per heavy atom. The third-order valence-electron chi connectivity index (χ3n) is 7.05. The van der Waals surface area contributed by atoms with Crippen molar-refractivity contribution in [2.45, 2.75) is 11.4 Å². The molecule has 1 saturated heterocycles. The molecule has 0 spiro atoms. The molecule has 0 radical (unpaired) electrons. The smallest absolute Gasteiger partial charge is 0.337 e. The van der Waals surface area contributed by atoms with Crippen LogP contribution in [0.15, 0.2) is 59.6 Å². The molecule has 1 amide bonds. The number of carbonyl (C=O) groups is 2. The number of ether oxygens (including phenoxy) is 1. The number of amides is 1. The van der Waals surface area contributed by atoms with Crippen LogP contribution >= 0.6 is 35.0 Å². The largest absolute Gasteiger partial charge is 0.478 e. The molecule has 0 atom stereocenters. The van der Waals surface area contributed by atoms with E-state index in [0.29, 0.717) is 55.5 Å². The van der Waals surface area contributed by atoms with Crippen molar-refractivity contribution in [2.75, 3.05) is 44.1 Å². The van der Waals surface area contributed by atoms with Gasteiger partial charge in [-0.25, -0.2) is 4.79 Å². The topological polar surface area (TPSA) is 106 Å². The van der Waals surface area contributed by atoms with E-state index in [-0.39, 0.29) is 27.1 Å². The minimum absolute atomic E-state index is 0.222. The summed E-state index contributed by atoms with van der Waals surface area (Å²) in [5.74, 6) is -0.842. The molecular formula is C30H28Cl2N4O4S. The molecule has 212 valence electrons. The Labute approximate surface area is 252 Å². The zero-order chi connectivity index (χ0) is 29.1. The zero-order valence-electron chi connectivity index (χ0n) is 22.2. The molecule has 2 heterocycles. The molecule has 3 N–H and O–H groups in total. The van der Waals surface area contributed by atoms with Crippen LogP contribution in [0.4, 0.5) is 5.69 Å². The van der Waals surface area contributed by atoms with E-state index in [1.54, 1.807) is 48.1 Å². The van der Waals surface area contributed by atoms with E-state index < -0.39 is 5.97 Å². The van der Waals surface area contributed by atoms with Crippen molar-refractivity contribution in [1.82, 2.24) is 10.2 Å². The number of fused-ring (bicyclic) bond motifs is 1. The maximum Gasteiger partial charge on any atom is 0.337 e. The van der Waals surface area contributed by atoms with Gasteiger partial charge in [-0.1, -0.05) is 47.5 Å². The van der Waals surface area contributed by atoms with E-state index in [9.17, 15) is 14.7 Å². The summed E-state index contributed by atoms with van der Waals surface area (Å²) in [5.41, 5.74) is 5.27. The van der Waals surface area contributed by atoms with Crippen LogP contribution in [0.25, 0.3) is 16.7 Å². The van der Waals surface area contributed by atoms with Gasteiger partial charge in [0.25, 0.3) is 5.91 Å². The van der Waals surface area contributed by atoms with Gasteiger partial charge in [0.15, 0.2) is 0 Å². The highest BCUT2D eigenvalue weighted by atomic mass is 35.5. The lowest BCUT2D eigenvalue weighted by Crippen LogP contribution is -2.37. The molecule has 0 saturated carbocycles. The monoisotopic (exact) mass is 610 g/mol. The van der Waals surface area contributed by atoms with Crippen molar-refractivity contribution in [3.05, 3.63) is 87.0 Å². The van der Waals surface area contributed by atoms with E-state index >= 15 is 0 Å². The first-order chi connectivity index (χ1) is 19.8. The summed E-state index contributed by atoms with van der Waals surface area (Å²) in [7, 11) is 1.73. The Hall–Kier alpha value is -3.50. The van der Waals surface area contributed by atoms with Gasteiger partial charge >= 0.3 is 5.97 Å². The number of nitrogens with zero attached hydrogens (tertiary/aromatic N) is 2. The van der Waals surface area contributed by atoms with Gasteiger partial charge in [0, 0.05) is 49.6 Å². The first-order valence-corrected chi connectivity index (χ1v) is 14.7. The molecular weight excluding hydrogens is 583 g/mol. The second-order valence-corrected chi connectivity index (χ2v) is 11.3. The zero-order valence-corrected chi connectivity index (χ0v) is 24.6. The normalized spacial score (nSPS) is 15.3. The molecule has 2 aliphatic rings. The summed E-state index contributed by atoms with van der Waals surface area (Å²) in [6.45, 7) is 2.73. The second-order valence-electron chi connectivity index (χ2n) is 9.55. The number of rotatable bonds is 7. The third-order valence-corrected chi connectivity index (χ3v) is 8.85. The van der Waals surface area contributed by atoms with E-state index in [0.717, 1.165) is 21.6 Å². The predicted molar refractivity (Wildman–Crippen MR) is 165 cm³/mol. The number of benzene rings is 3. The first kappa shape index (κ1) is 29.0. The summed E-state index contributed by atoms with van der Waals surface area (Å²) >= 11 is 14.7. The summed E-state index contributed by atoms with van der Waals surface area (Å²) in [5, 5.41) is 20.8. The number of carboxylic acid groups (broad SMARTS) is 1. The molecule has 3 aromatic rings. The Bertz CT molecular complexity index is 1530. The van der Waals surface area contributed by atoms with Gasteiger partial charge in [-0.2, -0.15) is 0 Å². The number of carbonyl (C=O) groups excluding carboxylic acids is 1. The summed E-state index contributed by atoms with van der Waals surface area (Å²) in [4.78, 5) is 30.4. The average Bonchev–Trinajstić information content (AvgIpc) is 2.98. The van der Waals surface area contributed by atoms with Gasteiger partial charge in [-0.05, 0) is 46.5 Å². The third kappa shape index (κ3) is 5.94. The predicted octanol–water partition coefficient (Wildman–Crippen LogP) is 6.11. The lowest BCUT2D eigenvalue weighted by molar-refractivity contribution is 0.0695. The standard InChI is InChI=1S/C30H28Cl2N4O4S/c1-34-15-21(14-33)20-11-24(31)27(25(32)12-20)29(37)36-16-19-3-2-4-22(28(19)41-17-36)18-5-6-23(30(38)39)26(13-18)35-7-9-40-10-8-35/h2-6,11-15,33-34H,7-10,16-17H2,1H3,(H,38,39)/b21-15+,33-14?. The molecule has 0 bridgehead atoms. The van der Waals surface area contributed by atoms with Gasteiger partial charge in [0.2, 0.25) is 0 Å². The lowest BCUT2D eigenvalue weighted by atomic mass is 9.99. The number of thioether (sulfide) groups is 1. The highest BCUT2D eigenvalue weighted by Crippen LogP contribution is 2.41. The molecule has 3 aromatic carbocycles. The molecule has 0 aliphatic carbocycles. The average molecular weight is 612 g/mol. The van der Waals surface area contributed by atoms with Crippen LogP contribution in [0.3, 0.4) is 0 Å². The number of nitrogens with one attached hydrogen (secondary N) is 2. The minimum atomic E-state index is -0.964. The van der Waals surface area contributed by atoms with Crippen LogP contribution in [0.1, 0.15) is 31.8 Å². The Balaban J connectivity index is 1.44. The van der Waals surface area contributed by atoms with Crippen LogP contribution in [0, 0.1) is 5.41 Å². The highest BCUT2D eigenvalue weighted by Gasteiger charge is 2.28. The maximum absolute atomic E-state index is 13.6. The number of allylic oxidation sites excluding steroid dienone is 1. The molecule has 5 rings (SSSR count). The van der Waals surface area contributed by atoms with Crippen molar-refractivity contribution in [1.29, 1.82) is 5.41 Å². The van der Waals surface area contributed by atoms with Gasteiger partial charge in [0.05, 0.1) is 46.0 Å². The summed E-state index contributed by atoms with van der Waals surface area (Å²) in [6, 6.07) is 14.7. The fraction of sp³-hybridized carbons (Fsp3) is 0.233. The minimum Gasteiger partial charge on any atom is -0.478 e. The van der Waals surface area contributed by atoms with Crippen LogP contribution in [0.2, 0.25) is 10.0 Å². The highest BCUT2D eigenvalue weighted by molar-refractivity contribution is 7.99. The first-order valence-electron chi connectivity index (χ1n) is 12.9. The number of hydrogen-bond donors (Lipinski definition) is 3. The fourth-order valence-electron chi connectivity index (χ4n) is 5.04. The fourth-order valence-corrected chi connectivity index (χ4v) is 6.84. The molecule has 1 fully saturated rings. The summed E-state index contributed by atoms with van der Waals surface area (Å²) in [6.07, 6.45) is 2.85. The number of aromatic carboxylic acids is 1. The second kappa shape index (κ2) is 12.6. The van der Waals surface area contributed by atoms with Crippen LogP contribution < -0.4 is 10.2 Å². The van der Waals surface area contributed by atoms with Crippen molar-refractivity contribution >= 4 is 64.3 Å². The van der Waals surface area contributed by atoms with Crippen molar-refractivity contribution in [2.24, 2.45) is 0 Å². The molecule has 41 heavy (non-hydrogen) atoms. The van der Waals surface area contributed by atoms with Crippen molar-refractivity contribution in [3.8, 4) is 11.1 Å². The van der Waals surface area contributed by atoms with Gasteiger partial charge < -0.3 is 30.4 Å². The number of morpholine rings is 1. The quantitative estimate of drug-likeness (QED) is 0.277. The van der Waals surface area contributed by atoms with Crippen LogP contribution in [-0.4, -0.2) is 67.3 Å². The van der Waals surface area contributed by atoms with Gasteiger partial charge in [-0.15, -0.1) is 11.8 Å². The van der Waals surface area contributed by atoms with E-state index in [4.69, 9.17) is 33.3 Å². The van der Waals surface area contributed by atoms with E-state index in [1.165, 1.54) is 6.21 Å². The van der Waals surface area contributed by atoms with Gasteiger partial charge in [-0.3, -0.25) is 4.79 Å². The SMILES string of the molecule is CN/C=C(\C=N)c1cc(Cl)c(C(=O)N2CSc3c(cccc3-c3ccc(C(=O)O)c(N4CCOCC4)c3)C2)c(Cl)c1. The van der Waals surface area contributed by atoms with Crippen molar-refractivity contribution < 1.29 is 19.4 Å². The van der Waals surface area contributed by atoms with Crippen molar-refractivity contribution in [3.63, 3.8) is 0 Å². The number of halogens is 2. The number of hydrogen-bond acceptors (Lipinski definition) is 7. The summed E-state index contributed by atoms with van der Waals surface area (Å²) < 4.78 is 5.46. The number of carboxylic acids is 1. The van der Waals surface area contributed by atoms with E-state index in [2.05, 4.69) is 10.2 Å². The molecule has 0 unspecified atom stereocenters. The Kier molecular flexibility index (Phi) is 8.89.